The van der Waals surface area contributed by atoms with Crippen molar-refractivity contribution in [3.8, 4) is 5.69 Å². The van der Waals surface area contributed by atoms with E-state index >= 15 is 0 Å². The zero-order valence-electron chi connectivity index (χ0n) is 10.4. The molecular weight excluding hydrogens is 230 g/mol. The van der Waals surface area contributed by atoms with Gasteiger partial charge in [0.15, 0.2) is 0 Å². The number of benzene rings is 1. The summed E-state index contributed by atoms with van der Waals surface area (Å²) in [5, 5.41) is 0. The summed E-state index contributed by atoms with van der Waals surface area (Å²) in [6.45, 7) is 1.81. The number of ether oxygens (including phenoxy) is 1. The summed E-state index contributed by atoms with van der Waals surface area (Å²) >= 11 is 0. The third-order valence-corrected chi connectivity index (χ3v) is 2.51. The van der Waals surface area contributed by atoms with E-state index in [9.17, 15) is 0 Å². The van der Waals surface area contributed by atoms with Gasteiger partial charge >= 0.3 is 0 Å². The van der Waals surface area contributed by atoms with E-state index in [1.54, 1.807) is 19.6 Å². The molecule has 0 saturated heterocycles. The van der Waals surface area contributed by atoms with Crippen LogP contribution in [0.5, 0.6) is 0 Å². The summed E-state index contributed by atoms with van der Waals surface area (Å²) in [4.78, 5) is 9.21. The predicted molar refractivity (Wildman–Crippen MR) is 68.2 cm³/mol. The van der Waals surface area contributed by atoms with Crippen molar-refractivity contribution in [3.63, 3.8) is 0 Å². The second-order valence-corrected chi connectivity index (χ2v) is 3.80. The number of hydrogen-bond donors (Lipinski definition) is 1. The first-order chi connectivity index (χ1) is 8.90. The minimum Gasteiger partial charge on any atom is -0.382 e. The molecule has 1 N–H and O–H groups in total. The van der Waals surface area contributed by atoms with Crippen molar-refractivity contribution in [2.24, 2.45) is 0 Å². The lowest BCUT2D eigenvalue weighted by atomic mass is 10.2. The first-order valence-electron chi connectivity index (χ1n) is 5.81. The van der Waals surface area contributed by atoms with Gasteiger partial charge in [-0.15, -0.1) is 0 Å². The third-order valence-electron chi connectivity index (χ3n) is 2.51. The zero-order chi connectivity index (χ0) is 12.6. The van der Waals surface area contributed by atoms with Crippen LogP contribution >= 0.6 is 0 Å². The molecule has 0 saturated carbocycles. The van der Waals surface area contributed by atoms with E-state index in [1.165, 1.54) is 0 Å². The smallest absolute Gasteiger partial charge is 0.0991 e. The lowest BCUT2D eigenvalue weighted by Crippen LogP contribution is -2.17. The molecule has 0 atom stereocenters. The van der Waals surface area contributed by atoms with Gasteiger partial charge < -0.3 is 9.30 Å². The van der Waals surface area contributed by atoms with Crippen LogP contribution in [0.1, 0.15) is 5.56 Å². The summed E-state index contributed by atoms with van der Waals surface area (Å²) in [5.41, 5.74) is 5.15. The van der Waals surface area contributed by atoms with Gasteiger partial charge in [-0.25, -0.2) is 4.98 Å². The Bertz CT molecular complexity index is 440. The van der Waals surface area contributed by atoms with Gasteiger partial charge in [-0.2, -0.15) is 5.48 Å². The number of nitrogens with one attached hydrogen (secondary N) is 1. The normalized spacial score (nSPS) is 10.7. The summed E-state index contributed by atoms with van der Waals surface area (Å²) in [6.07, 6.45) is 5.46. The van der Waals surface area contributed by atoms with E-state index in [2.05, 4.69) is 22.6 Å². The average Bonchev–Trinajstić information content (AvgIpc) is 2.93. The molecule has 5 heteroatoms. The van der Waals surface area contributed by atoms with Crippen molar-refractivity contribution >= 4 is 0 Å². The summed E-state index contributed by atoms with van der Waals surface area (Å²) in [7, 11) is 1.65. The van der Waals surface area contributed by atoms with E-state index in [-0.39, 0.29) is 0 Å². The molecule has 2 aromatic rings. The summed E-state index contributed by atoms with van der Waals surface area (Å²) in [5.74, 6) is 0. The first kappa shape index (κ1) is 12.8. The molecule has 0 radical (unpaired) electrons. The molecule has 1 heterocycles. The zero-order valence-corrected chi connectivity index (χ0v) is 10.4. The Morgan fingerprint density at radius 3 is 2.72 bits per heavy atom. The maximum absolute atomic E-state index is 5.19. The van der Waals surface area contributed by atoms with Crippen LogP contribution in [0.4, 0.5) is 0 Å². The van der Waals surface area contributed by atoms with Crippen LogP contribution in [0.2, 0.25) is 0 Å². The van der Waals surface area contributed by atoms with Gasteiger partial charge in [0.1, 0.15) is 0 Å². The van der Waals surface area contributed by atoms with Gasteiger partial charge in [0.25, 0.3) is 0 Å². The molecule has 2 rings (SSSR count). The molecule has 0 unspecified atom stereocenters. The molecule has 96 valence electrons. The van der Waals surface area contributed by atoms with Gasteiger partial charge in [0.05, 0.1) is 19.5 Å². The van der Waals surface area contributed by atoms with Crippen molar-refractivity contribution in [1.82, 2.24) is 15.0 Å². The van der Waals surface area contributed by atoms with Gasteiger partial charge in [0, 0.05) is 31.7 Å². The number of methoxy groups -OCH3 is 1. The van der Waals surface area contributed by atoms with Crippen molar-refractivity contribution in [2.75, 3.05) is 20.3 Å². The third kappa shape index (κ3) is 3.66. The fourth-order valence-corrected chi connectivity index (χ4v) is 1.53. The van der Waals surface area contributed by atoms with E-state index < -0.39 is 0 Å². The second kappa shape index (κ2) is 6.90. The summed E-state index contributed by atoms with van der Waals surface area (Å²) < 4.78 is 6.84. The van der Waals surface area contributed by atoms with Gasteiger partial charge in [0.2, 0.25) is 0 Å². The first-order valence-corrected chi connectivity index (χ1v) is 5.81. The molecule has 0 bridgehead atoms. The minimum absolute atomic E-state index is 0.545. The molecule has 5 nitrogen and oxygen atoms in total. The molecule has 0 amide bonds. The van der Waals surface area contributed by atoms with Crippen LogP contribution in [0, 0.1) is 0 Å². The number of hydroxylamine groups is 1. The Kier molecular flexibility index (Phi) is 4.89. The number of imidazole rings is 1. The quantitative estimate of drug-likeness (QED) is 0.595. The lowest BCUT2D eigenvalue weighted by Gasteiger charge is -2.07. The van der Waals surface area contributed by atoms with Crippen LogP contribution in [0.15, 0.2) is 43.0 Å². The Balaban J connectivity index is 1.81. The molecule has 0 aliphatic carbocycles. The van der Waals surface area contributed by atoms with E-state index in [4.69, 9.17) is 9.57 Å². The Hall–Kier alpha value is -1.69. The van der Waals surface area contributed by atoms with E-state index in [0.29, 0.717) is 19.8 Å². The SMILES string of the molecule is COCCONCc1ccc(-n2ccnc2)cc1. The lowest BCUT2D eigenvalue weighted by molar-refractivity contribution is 0.00346. The minimum atomic E-state index is 0.545. The molecule has 0 aliphatic heterocycles. The number of rotatable bonds is 7. The maximum atomic E-state index is 5.19. The maximum Gasteiger partial charge on any atom is 0.0991 e. The fraction of sp³-hybridized carbons (Fsp3) is 0.308. The molecule has 0 aliphatic rings. The average molecular weight is 247 g/mol. The second-order valence-electron chi connectivity index (χ2n) is 3.80. The van der Waals surface area contributed by atoms with Crippen molar-refractivity contribution in [3.05, 3.63) is 48.5 Å². The standard InChI is InChI=1S/C13H17N3O2/c1-17-8-9-18-15-10-12-2-4-13(5-3-12)16-7-6-14-11-16/h2-7,11,15H,8-10H2,1H3. The molecular formula is C13H17N3O2. The van der Waals surface area contributed by atoms with Crippen LogP contribution in [-0.4, -0.2) is 29.9 Å². The monoisotopic (exact) mass is 247 g/mol. The highest BCUT2D eigenvalue weighted by Crippen LogP contribution is 2.08. The van der Waals surface area contributed by atoms with E-state index in [1.807, 2.05) is 22.9 Å². The highest BCUT2D eigenvalue weighted by atomic mass is 16.7. The highest BCUT2D eigenvalue weighted by molar-refractivity contribution is 5.34. The Labute approximate surface area is 106 Å². The largest absolute Gasteiger partial charge is 0.382 e. The number of nitrogens with zero attached hydrogens (tertiary/aromatic N) is 2. The van der Waals surface area contributed by atoms with E-state index in [0.717, 1.165) is 11.3 Å². The highest BCUT2D eigenvalue weighted by Gasteiger charge is 1.96. The Morgan fingerprint density at radius 2 is 2.06 bits per heavy atom. The fourth-order valence-electron chi connectivity index (χ4n) is 1.53. The molecule has 1 aromatic carbocycles. The molecule has 0 spiro atoms. The van der Waals surface area contributed by atoms with Crippen LogP contribution < -0.4 is 5.48 Å². The van der Waals surface area contributed by atoms with Crippen LogP contribution in [0.3, 0.4) is 0 Å². The van der Waals surface area contributed by atoms with Gasteiger partial charge in [-0.1, -0.05) is 12.1 Å². The predicted octanol–water partition coefficient (Wildman–Crippen LogP) is 1.54. The summed E-state index contributed by atoms with van der Waals surface area (Å²) in [6, 6.07) is 8.21. The number of hydrogen-bond acceptors (Lipinski definition) is 4. The van der Waals surface area contributed by atoms with Crippen molar-refractivity contribution in [1.29, 1.82) is 0 Å². The van der Waals surface area contributed by atoms with Crippen molar-refractivity contribution < 1.29 is 9.57 Å². The van der Waals surface area contributed by atoms with Gasteiger partial charge in [-0.3, -0.25) is 4.84 Å². The molecule has 18 heavy (non-hydrogen) atoms. The molecule has 1 aromatic heterocycles. The van der Waals surface area contributed by atoms with Gasteiger partial charge in [-0.05, 0) is 17.7 Å². The Morgan fingerprint density at radius 1 is 1.22 bits per heavy atom. The van der Waals surface area contributed by atoms with Crippen LogP contribution in [0.25, 0.3) is 5.69 Å². The van der Waals surface area contributed by atoms with Crippen molar-refractivity contribution in [2.45, 2.75) is 6.54 Å². The molecule has 0 fully saturated rings. The number of aromatic nitrogens is 2. The van der Waals surface area contributed by atoms with Crippen LogP contribution in [-0.2, 0) is 16.1 Å². The topological polar surface area (TPSA) is 48.3 Å².